The molecule has 1 N–H and O–H groups in total. The molecular weight excluding hydrogens is 252 g/mol. The van der Waals surface area contributed by atoms with Crippen LogP contribution in [0.1, 0.15) is 34.6 Å². The van der Waals surface area contributed by atoms with Crippen molar-refractivity contribution in [1.82, 2.24) is 10.2 Å². The lowest BCUT2D eigenvalue weighted by Gasteiger charge is -2.31. The van der Waals surface area contributed by atoms with Crippen molar-refractivity contribution in [1.29, 1.82) is 0 Å². The minimum Gasteiger partial charge on any atom is -0.374 e. The van der Waals surface area contributed by atoms with Gasteiger partial charge in [-0.15, -0.1) is 0 Å². The largest absolute Gasteiger partial charge is 0.374 e. The summed E-state index contributed by atoms with van der Waals surface area (Å²) in [7, 11) is 0. The van der Waals surface area contributed by atoms with Crippen LogP contribution in [0, 0.1) is 23.7 Å². The Balaban J connectivity index is 0.000000796. The van der Waals surface area contributed by atoms with Crippen molar-refractivity contribution >= 4 is 6.41 Å². The molecule has 4 heteroatoms. The minimum absolute atomic E-state index is 0.0970. The van der Waals surface area contributed by atoms with Crippen LogP contribution in [0.4, 0.5) is 0 Å². The fourth-order valence-corrected chi connectivity index (χ4v) is 1.59. The second-order valence-corrected chi connectivity index (χ2v) is 5.96. The number of ether oxygens (including phenoxy) is 1. The first kappa shape index (κ1) is 18.9. The molecule has 0 aliphatic carbocycles. The number of carbonyl (C=O) groups excluding carboxylic acids is 1. The normalized spacial score (nSPS) is 18.9. The summed E-state index contributed by atoms with van der Waals surface area (Å²) in [6.45, 7) is 14.5. The van der Waals surface area contributed by atoms with Crippen molar-refractivity contribution in [3.8, 4) is 11.8 Å². The van der Waals surface area contributed by atoms with E-state index in [2.05, 4.69) is 56.7 Å². The van der Waals surface area contributed by atoms with E-state index >= 15 is 0 Å². The molecule has 1 aliphatic heterocycles. The van der Waals surface area contributed by atoms with E-state index in [0.29, 0.717) is 25.5 Å². The van der Waals surface area contributed by atoms with Gasteiger partial charge in [-0.3, -0.25) is 9.69 Å². The van der Waals surface area contributed by atoms with Gasteiger partial charge in [-0.05, 0) is 5.92 Å². The first-order chi connectivity index (χ1) is 9.45. The monoisotopic (exact) mass is 282 g/mol. The third-order valence-electron chi connectivity index (χ3n) is 2.35. The van der Waals surface area contributed by atoms with Crippen LogP contribution in [-0.4, -0.2) is 50.2 Å². The molecular formula is C16H30N2O2. The predicted octanol–water partition coefficient (Wildman–Crippen LogP) is 1.75. The first-order valence-corrected chi connectivity index (χ1v) is 7.45. The molecule has 20 heavy (non-hydrogen) atoms. The fourth-order valence-electron chi connectivity index (χ4n) is 1.59. The molecule has 1 aliphatic rings. The van der Waals surface area contributed by atoms with E-state index < -0.39 is 0 Å². The van der Waals surface area contributed by atoms with Gasteiger partial charge in [0.25, 0.3) is 0 Å². The van der Waals surface area contributed by atoms with E-state index in [0.717, 1.165) is 25.6 Å². The van der Waals surface area contributed by atoms with Gasteiger partial charge in [-0.2, -0.15) is 0 Å². The molecule has 0 radical (unpaired) electrons. The highest BCUT2D eigenvalue weighted by Gasteiger charge is 2.18. The van der Waals surface area contributed by atoms with Crippen molar-refractivity contribution in [2.45, 2.75) is 40.7 Å². The van der Waals surface area contributed by atoms with Crippen LogP contribution in [-0.2, 0) is 9.53 Å². The van der Waals surface area contributed by atoms with Crippen LogP contribution < -0.4 is 5.32 Å². The smallest absolute Gasteiger partial charge is 0.207 e. The number of morpholine rings is 1. The zero-order valence-corrected chi connectivity index (χ0v) is 13.6. The summed E-state index contributed by atoms with van der Waals surface area (Å²) in [5.74, 6) is 7.57. The van der Waals surface area contributed by atoms with Crippen molar-refractivity contribution in [2.24, 2.45) is 11.8 Å². The average molecular weight is 282 g/mol. The number of hydrogen-bond acceptors (Lipinski definition) is 3. The standard InChI is InChI=1S/C12H20N2O2.C4H10/c1-11(2)4-3-5-14-6-7-16-12(9-14)8-13-10-15;1-4(2)3/h10-12H,5-9H2,1-2H3,(H,13,15);4H,1-3H3. The highest BCUT2D eigenvalue weighted by Crippen LogP contribution is 2.03. The summed E-state index contributed by atoms with van der Waals surface area (Å²) < 4.78 is 5.53. The molecule has 1 unspecified atom stereocenters. The Morgan fingerprint density at radius 3 is 2.55 bits per heavy atom. The van der Waals surface area contributed by atoms with E-state index in [4.69, 9.17) is 4.74 Å². The number of amides is 1. The number of rotatable bonds is 4. The van der Waals surface area contributed by atoms with Gasteiger partial charge in [-0.1, -0.05) is 46.5 Å². The lowest BCUT2D eigenvalue weighted by Crippen LogP contribution is -2.46. The maximum absolute atomic E-state index is 10.2. The summed E-state index contributed by atoms with van der Waals surface area (Å²) in [6.07, 6.45) is 0.806. The lowest BCUT2D eigenvalue weighted by atomic mass is 10.2. The van der Waals surface area contributed by atoms with Gasteiger partial charge in [0, 0.05) is 25.6 Å². The third-order valence-corrected chi connectivity index (χ3v) is 2.35. The van der Waals surface area contributed by atoms with Gasteiger partial charge >= 0.3 is 0 Å². The van der Waals surface area contributed by atoms with Gasteiger partial charge in [0.15, 0.2) is 0 Å². The Morgan fingerprint density at radius 2 is 2.00 bits per heavy atom. The average Bonchev–Trinajstić information content (AvgIpc) is 2.36. The van der Waals surface area contributed by atoms with Crippen molar-refractivity contribution in [3.05, 3.63) is 0 Å². The van der Waals surface area contributed by atoms with E-state index in [9.17, 15) is 4.79 Å². The van der Waals surface area contributed by atoms with E-state index in [-0.39, 0.29) is 6.10 Å². The molecule has 1 fully saturated rings. The maximum atomic E-state index is 10.2. The second-order valence-electron chi connectivity index (χ2n) is 5.96. The summed E-state index contributed by atoms with van der Waals surface area (Å²) in [5, 5.41) is 2.64. The lowest BCUT2D eigenvalue weighted by molar-refractivity contribution is -0.110. The highest BCUT2D eigenvalue weighted by molar-refractivity contribution is 5.45. The molecule has 0 spiro atoms. The molecule has 0 bridgehead atoms. The fraction of sp³-hybridized carbons (Fsp3) is 0.812. The van der Waals surface area contributed by atoms with Gasteiger partial charge in [0.1, 0.15) is 0 Å². The summed E-state index contributed by atoms with van der Waals surface area (Å²) >= 11 is 0. The molecule has 4 nitrogen and oxygen atoms in total. The van der Waals surface area contributed by atoms with Gasteiger partial charge < -0.3 is 10.1 Å². The summed E-state index contributed by atoms with van der Waals surface area (Å²) in [5.41, 5.74) is 0. The van der Waals surface area contributed by atoms with E-state index in [1.54, 1.807) is 0 Å². The van der Waals surface area contributed by atoms with Gasteiger partial charge in [0.05, 0.1) is 19.3 Å². The summed E-state index contributed by atoms with van der Waals surface area (Å²) in [4.78, 5) is 12.4. The van der Waals surface area contributed by atoms with Crippen LogP contribution >= 0.6 is 0 Å². The molecule has 1 amide bonds. The topological polar surface area (TPSA) is 41.6 Å². The molecule has 1 atom stereocenters. The van der Waals surface area contributed by atoms with E-state index in [1.807, 2.05) is 0 Å². The van der Waals surface area contributed by atoms with Crippen LogP contribution in [0.25, 0.3) is 0 Å². The van der Waals surface area contributed by atoms with Crippen LogP contribution in [0.15, 0.2) is 0 Å². The third kappa shape index (κ3) is 12.0. The molecule has 116 valence electrons. The highest BCUT2D eigenvalue weighted by atomic mass is 16.5. The van der Waals surface area contributed by atoms with E-state index in [1.165, 1.54) is 0 Å². The molecule has 1 rings (SSSR count). The van der Waals surface area contributed by atoms with Crippen molar-refractivity contribution in [2.75, 3.05) is 32.8 Å². The second kappa shape index (κ2) is 11.7. The summed E-state index contributed by atoms with van der Waals surface area (Å²) in [6, 6.07) is 0. The van der Waals surface area contributed by atoms with Crippen LogP contribution in [0.5, 0.6) is 0 Å². The van der Waals surface area contributed by atoms with Crippen molar-refractivity contribution in [3.63, 3.8) is 0 Å². The number of hydrogen-bond donors (Lipinski definition) is 1. The Labute approximate surface area is 124 Å². The Bertz CT molecular complexity index is 303. The van der Waals surface area contributed by atoms with Crippen LogP contribution in [0.2, 0.25) is 0 Å². The molecule has 0 aromatic rings. The number of carbonyl (C=O) groups is 1. The maximum Gasteiger partial charge on any atom is 0.207 e. The molecule has 1 heterocycles. The molecule has 0 aromatic heterocycles. The Morgan fingerprint density at radius 1 is 1.35 bits per heavy atom. The van der Waals surface area contributed by atoms with Crippen LogP contribution in [0.3, 0.4) is 0 Å². The zero-order valence-electron chi connectivity index (χ0n) is 13.6. The first-order valence-electron chi connectivity index (χ1n) is 7.45. The Hall–Kier alpha value is -1.05. The van der Waals surface area contributed by atoms with Gasteiger partial charge in [-0.25, -0.2) is 0 Å². The molecule has 1 saturated heterocycles. The Kier molecular flexibility index (Phi) is 11.1. The molecule has 0 aromatic carbocycles. The predicted molar refractivity (Wildman–Crippen MR) is 83.4 cm³/mol. The number of nitrogens with one attached hydrogen (secondary N) is 1. The van der Waals surface area contributed by atoms with Gasteiger partial charge in [0.2, 0.25) is 6.41 Å². The quantitative estimate of drug-likeness (QED) is 0.631. The number of nitrogens with zero attached hydrogens (tertiary/aromatic N) is 1. The zero-order chi connectivity index (χ0) is 15.4. The SMILES string of the molecule is CC(C)C.CC(C)C#CCN1CCOC(CNC=O)C1. The van der Waals surface area contributed by atoms with Crippen molar-refractivity contribution < 1.29 is 9.53 Å². The minimum atomic E-state index is 0.0970. The molecule has 0 saturated carbocycles.